The van der Waals surface area contributed by atoms with Crippen LogP contribution in [0.4, 0.5) is 5.69 Å². The molecule has 0 unspecified atom stereocenters. The van der Waals surface area contributed by atoms with Crippen LogP contribution in [0, 0.1) is 0 Å². The summed E-state index contributed by atoms with van der Waals surface area (Å²) in [5.74, 6) is -2.75. The van der Waals surface area contributed by atoms with Gasteiger partial charge in [-0.2, -0.15) is 0 Å². The molecule has 0 bridgehead atoms. The minimum absolute atomic E-state index is 0.0381. The van der Waals surface area contributed by atoms with E-state index in [-0.39, 0.29) is 17.5 Å². The van der Waals surface area contributed by atoms with Crippen LogP contribution in [0.5, 0.6) is 11.5 Å². The zero-order valence-corrected chi connectivity index (χ0v) is 19.2. The van der Waals surface area contributed by atoms with Crippen molar-refractivity contribution < 1.29 is 49.8 Å². The fourth-order valence-corrected chi connectivity index (χ4v) is 2.83. The van der Waals surface area contributed by atoms with Gasteiger partial charge in [0.25, 0.3) is 0 Å². The minimum atomic E-state index is -2.27. The number of carboxylic acids is 2. The molecule has 0 aliphatic carbocycles. The summed E-state index contributed by atoms with van der Waals surface area (Å²) in [7, 11) is 1.64. The normalized spacial score (nSPS) is 13.9. The van der Waals surface area contributed by atoms with E-state index < -0.39 is 30.3 Å². The van der Waals surface area contributed by atoms with Crippen LogP contribution in [0.3, 0.4) is 0 Å². The lowest BCUT2D eigenvalue weighted by Gasteiger charge is -2.18. The molecule has 0 saturated heterocycles. The Morgan fingerprint density at radius 3 is 2.06 bits per heavy atom. The summed E-state index contributed by atoms with van der Waals surface area (Å²) in [6.07, 6.45) is -3.97. The number of phenols is 1. The lowest BCUT2D eigenvalue weighted by atomic mass is 10.1. The number of carbonyl (C=O) groups excluding carboxylic acids is 1. The molecular formula is C23H30N2O10. The number of carbonyl (C=O) groups is 3. The highest BCUT2D eigenvalue weighted by molar-refractivity contribution is 5.83. The summed E-state index contributed by atoms with van der Waals surface area (Å²) in [4.78, 5) is 30.1. The van der Waals surface area contributed by atoms with Crippen LogP contribution in [0.25, 0.3) is 0 Å². The number of aliphatic carboxylic acids is 2. The van der Waals surface area contributed by atoms with Gasteiger partial charge in [-0.3, -0.25) is 4.79 Å². The average molecular weight is 494 g/mol. The highest BCUT2D eigenvalue weighted by Crippen LogP contribution is 2.26. The zero-order chi connectivity index (χ0) is 26.5. The Balaban J connectivity index is 0.000000518. The second kappa shape index (κ2) is 14.5. The monoisotopic (exact) mass is 494 g/mol. The highest BCUT2D eigenvalue weighted by Gasteiger charge is 2.29. The first-order valence-corrected chi connectivity index (χ1v) is 10.4. The number of anilines is 1. The summed E-state index contributed by atoms with van der Waals surface area (Å²) in [5, 5.41) is 58.2. The fraction of sp³-hybridized carbons (Fsp3) is 0.348. The van der Waals surface area contributed by atoms with Gasteiger partial charge in [-0.1, -0.05) is 18.2 Å². The molecular weight excluding hydrogens is 464 g/mol. The third-order valence-electron chi connectivity index (χ3n) is 4.79. The Hall–Kier alpha value is -3.71. The molecule has 0 aliphatic heterocycles. The summed E-state index contributed by atoms with van der Waals surface area (Å²) in [5.41, 5.74) is 2.07. The third kappa shape index (κ3) is 9.98. The number of aliphatic hydroxyl groups excluding tert-OH is 3. The van der Waals surface area contributed by atoms with E-state index in [9.17, 15) is 24.6 Å². The lowest BCUT2D eigenvalue weighted by molar-refractivity contribution is -0.165. The lowest BCUT2D eigenvalue weighted by Crippen LogP contribution is -2.39. The van der Waals surface area contributed by atoms with Crippen molar-refractivity contribution in [3.05, 3.63) is 53.6 Å². The maximum absolute atomic E-state index is 10.5. The van der Waals surface area contributed by atoms with Gasteiger partial charge in [-0.15, -0.1) is 0 Å². The van der Waals surface area contributed by atoms with Crippen LogP contribution < -0.4 is 15.4 Å². The van der Waals surface area contributed by atoms with Gasteiger partial charge in [-0.25, -0.2) is 9.59 Å². The van der Waals surface area contributed by atoms with E-state index in [2.05, 4.69) is 10.6 Å². The van der Waals surface area contributed by atoms with Crippen LogP contribution in [0.1, 0.15) is 24.2 Å². The minimum Gasteiger partial charge on any atom is -0.506 e. The molecule has 0 heterocycles. The quantitative estimate of drug-likeness (QED) is 0.147. The number of ether oxygens (including phenoxy) is 1. The van der Waals surface area contributed by atoms with E-state index in [1.165, 1.54) is 11.6 Å². The maximum atomic E-state index is 10.5. The van der Waals surface area contributed by atoms with E-state index in [0.717, 1.165) is 12.2 Å². The number of rotatable bonds is 12. The topological polar surface area (TPSA) is 206 Å². The number of carboxylic acid groups (broad SMARTS) is 2. The van der Waals surface area contributed by atoms with Crippen molar-refractivity contribution in [1.82, 2.24) is 5.32 Å². The van der Waals surface area contributed by atoms with E-state index in [1.54, 1.807) is 19.2 Å². The smallest absolute Gasteiger partial charge is 0.335 e. The molecule has 0 spiro atoms. The summed E-state index contributed by atoms with van der Waals surface area (Å²) < 4.78 is 5.14. The van der Waals surface area contributed by atoms with E-state index >= 15 is 0 Å². The Morgan fingerprint density at radius 2 is 1.57 bits per heavy atom. The van der Waals surface area contributed by atoms with Crippen molar-refractivity contribution in [3.63, 3.8) is 0 Å². The molecule has 0 aliphatic rings. The van der Waals surface area contributed by atoms with E-state index in [0.29, 0.717) is 18.5 Å². The summed E-state index contributed by atoms with van der Waals surface area (Å²) in [6, 6.07) is 12.7. The first kappa shape index (κ1) is 29.3. The number of phenolic OH excluding ortho intramolecular Hbond substituents is 1. The number of benzene rings is 2. The number of hydrogen-bond acceptors (Lipinski definition) is 9. The SMILES string of the molecule is COc1ccc(C[C@@H](C)NC[C@@H](O)c2ccc(O)c(NC=O)c2)cc1.O=C(O)[C@H](O)[C@@H](O)C(=O)O. The second-order valence-electron chi connectivity index (χ2n) is 7.48. The maximum Gasteiger partial charge on any atom is 0.335 e. The predicted molar refractivity (Wildman–Crippen MR) is 124 cm³/mol. The number of hydrogen-bond donors (Lipinski definition) is 8. The van der Waals surface area contributed by atoms with Gasteiger partial charge in [0.15, 0.2) is 12.2 Å². The van der Waals surface area contributed by atoms with E-state index in [1.807, 2.05) is 31.2 Å². The van der Waals surface area contributed by atoms with Gasteiger partial charge >= 0.3 is 11.9 Å². The Morgan fingerprint density at radius 1 is 1.00 bits per heavy atom. The van der Waals surface area contributed by atoms with Crippen molar-refractivity contribution in [2.75, 3.05) is 19.0 Å². The molecule has 1 amide bonds. The first-order chi connectivity index (χ1) is 16.5. The molecule has 2 aromatic rings. The Labute approximate surface area is 201 Å². The van der Waals surface area contributed by atoms with Gasteiger partial charge in [-0.05, 0) is 48.7 Å². The van der Waals surface area contributed by atoms with Gasteiger partial charge in [0, 0.05) is 12.6 Å². The van der Waals surface area contributed by atoms with Crippen LogP contribution >= 0.6 is 0 Å². The van der Waals surface area contributed by atoms with Crippen molar-refractivity contribution in [3.8, 4) is 11.5 Å². The highest BCUT2D eigenvalue weighted by atomic mass is 16.5. The average Bonchev–Trinajstić information content (AvgIpc) is 2.83. The van der Waals surface area contributed by atoms with Crippen molar-refractivity contribution in [1.29, 1.82) is 0 Å². The van der Waals surface area contributed by atoms with Crippen molar-refractivity contribution >= 4 is 24.0 Å². The van der Waals surface area contributed by atoms with Crippen molar-refractivity contribution in [2.45, 2.75) is 37.7 Å². The molecule has 0 fully saturated rings. The van der Waals surface area contributed by atoms with E-state index in [4.69, 9.17) is 25.2 Å². The second-order valence-corrected chi connectivity index (χ2v) is 7.48. The van der Waals surface area contributed by atoms with Crippen LogP contribution in [0.15, 0.2) is 42.5 Å². The Kier molecular flexibility index (Phi) is 12.2. The standard InChI is InChI=1S/C19H24N2O4.C4H6O6/c1-13(9-14-3-6-16(25-2)7-4-14)20-11-19(24)15-5-8-18(23)17(10-15)21-12-22;5-1(3(7)8)2(6)4(9)10/h3-8,10,12-13,19-20,23-24H,9,11H2,1-2H3,(H,21,22);1-2,5-6H,(H,7,8)(H,9,10)/t13-,19-;1-,2-/m11/s1. The third-order valence-corrected chi connectivity index (χ3v) is 4.79. The molecule has 4 atom stereocenters. The van der Waals surface area contributed by atoms with Crippen LogP contribution in [-0.2, 0) is 20.8 Å². The number of methoxy groups -OCH3 is 1. The molecule has 192 valence electrons. The van der Waals surface area contributed by atoms with Crippen LogP contribution in [0.2, 0.25) is 0 Å². The van der Waals surface area contributed by atoms with Gasteiger partial charge < -0.3 is 46.0 Å². The zero-order valence-electron chi connectivity index (χ0n) is 19.2. The molecule has 0 saturated carbocycles. The molecule has 0 radical (unpaired) electrons. The van der Waals surface area contributed by atoms with Gasteiger partial charge in [0.1, 0.15) is 11.5 Å². The largest absolute Gasteiger partial charge is 0.506 e. The summed E-state index contributed by atoms with van der Waals surface area (Å²) >= 11 is 0. The fourth-order valence-electron chi connectivity index (χ4n) is 2.83. The molecule has 2 aromatic carbocycles. The first-order valence-electron chi connectivity index (χ1n) is 10.4. The molecule has 12 nitrogen and oxygen atoms in total. The number of aliphatic hydroxyl groups is 3. The summed E-state index contributed by atoms with van der Waals surface area (Å²) in [6.45, 7) is 2.41. The predicted octanol–water partition coefficient (Wildman–Crippen LogP) is 0.101. The molecule has 35 heavy (non-hydrogen) atoms. The van der Waals surface area contributed by atoms with Crippen molar-refractivity contribution in [2.24, 2.45) is 0 Å². The van der Waals surface area contributed by atoms with Crippen LogP contribution in [-0.4, -0.2) is 80.9 Å². The molecule has 12 heteroatoms. The molecule has 0 aromatic heterocycles. The Bertz CT molecular complexity index is 949. The van der Waals surface area contributed by atoms with Gasteiger partial charge in [0.05, 0.1) is 18.9 Å². The molecule has 2 rings (SSSR count). The number of nitrogens with one attached hydrogen (secondary N) is 2. The number of aromatic hydroxyl groups is 1. The number of amides is 1. The molecule has 8 N–H and O–H groups in total. The van der Waals surface area contributed by atoms with Gasteiger partial charge in [0.2, 0.25) is 6.41 Å².